The van der Waals surface area contributed by atoms with Gasteiger partial charge in [-0.15, -0.1) is 0 Å². The SMILES string of the molecule is CCOC(=O)C1CCN(C(=O)CN(C)C(=O)CCc2cc(OC)ccc2OC)CC1. The molecular weight excluding hydrogens is 388 g/mol. The van der Waals surface area contributed by atoms with Crippen LogP contribution in [0.2, 0.25) is 0 Å². The van der Waals surface area contributed by atoms with Crippen molar-refractivity contribution in [2.24, 2.45) is 5.92 Å². The highest BCUT2D eigenvalue weighted by Crippen LogP contribution is 2.25. The quantitative estimate of drug-likeness (QED) is 0.567. The fraction of sp³-hybridized carbons (Fsp3) is 0.591. The van der Waals surface area contributed by atoms with Crippen LogP contribution >= 0.6 is 0 Å². The smallest absolute Gasteiger partial charge is 0.309 e. The van der Waals surface area contributed by atoms with E-state index < -0.39 is 0 Å². The number of likely N-dealkylation sites (tertiary alicyclic amines) is 1. The van der Waals surface area contributed by atoms with Crippen LogP contribution in [0.15, 0.2) is 18.2 Å². The van der Waals surface area contributed by atoms with Gasteiger partial charge in [-0.1, -0.05) is 0 Å². The molecule has 0 aliphatic carbocycles. The highest BCUT2D eigenvalue weighted by molar-refractivity contribution is 5.85. The molecule has 0 unspecified atom stereocenters. The zero-order valence-electron chi connectivity index (χ0n) is 18.3. The molecule has 1 aliphatic heterocycles. The number of carbonyl (C=O) groups excluding carboxylic acids is 3. The summed E-state index contributed by atoms with van der Waals surface area (Å²) in [6.45, 7) is 3.19. The molecule has 0 bridgehead atoms. The van der Waals surface area contributed by atoms with Gasteiger partial charge in [0.25, 0.3) is 0 Å². The van der Waals surface area contributed by atoms with E-state index >= 15 is 0 Å². The summed E-state index contributed by atoms with van der Waals surface area (Å²) in [6.07, 6.45) is 1.94. The highest BCUT2D eigenvalue weighted by atomic mass is 16.5. The van der Waals surface area contributed by atoms with Crippen molar-refractivity contribution >= 4 is 17.8 Å². The molecule has 0 radical (unpaired) electrons. The van der Waals surface area contributed by atoms with Crippen molar-refractivity contribution in [2.45, 2.75) is 32.6 Å². The number of carbonyl (C=O) groups is 3. The summed E-state index contributed by atoms with van der Waals surface area (Å²) in [4.78, 5) is 40.1. The molecule has 0 saturated carbocycles. The van der Waals surface area contributed by atoms with Gasteiger partial charge in [0.15, 0.2) is 0 Å². The summed E-state index contributed by atoms with van der Waals surface area (Å²) < 4.78 is 15.6. The maximum absolute atomic E-state index is 12.6. The maximum atomic E-state index is 12.6. The Balaban J connectivity index is 1.82. The number of hydrogen-bond donors (Lipinski definition) is 0. The fourth-order valence-electron chi connectivity index (χ4n) is 3.53. The Morgan fingerprint density at radius 1 is 1.13 bits per heavy atom. The van der Waals surface area contributed by atoms with Crippen LogP contribution in [-0.2, 0) is 25.5 Å². The minimum absolute atomic E-state index is 0.0259. The van der Waals surface area contributed by atoms with E-state index in [0.717, 1.165) is 5.56 Å². The lowest BCUT2D eigenvalue weighted by molar-refractivity contribution is -0.151. The summed E-state index contributed by atoms with van der Waals surface area (Å²) in [5.74, 6) is 0.845. The number of methoxy groups -OCH3 is 2. The number of rotatable bonds is 9. The lowest BCUT2D eigenvalue weighted by atomic mass is 9.97. The van der Waals surface area contributed by atoms with Crippen molar-refractivity contribution < 1.29 is 28.6 Å². The summed E-state index contributed by atoms with van der Waals surface area (Å²) in [5.41, 5.74) is 0.881. The Hall–Kier alpha value is -2.77. The van der Waals surface area contributed by atoms with Gasteiger partial charge in [-0.3, -0.25) is 14.4 Å². The molecule has 0 spiro atoms. The molecule has 1 aliphatic rings. The van der Waals surface area contributed by atoms with Crippen LogP contribution in [0, 0.1) is 5.92 Å². The number of aryl methyl sites for hydroxylation is 1. The molecule has 1 aromatic carbocycles. The third-order valence-electron chi connectivity index (χ3n) is 5.36. The van der Waals surface area contributed by atoms with Crippen molar-refractivity contribution in [3.8, 4) is 11.5 Å². The molecule has 8 nitrogen and oxygen atoms in total. The first kappa shape index (κ1) is 23.5. The standard InChI is InChI=1S/C22H32N2O6/c1-5-30-22(27)16-10-12-24(13-11-16)21(26)15-23(2)20(25)9-6-17-14-18(28-3)7-8-19(17)29-4/h7-8,14,16H,5-6,9-13,15H2,1-4H3. The minimum Gasteiger partial charge on any atom is -0.497 e. The monoisotopic (exact) mass is 420 g/mol. The second-order valence-electron chi connectivity index (χ2n) is 7.33. The largest absolute Gasteiger partial charge is 0.497 e. The van der Waals surface area contributed by atoms with Crippen LogP contribution in [0.5, 0.6) is 11.5 Å². The van der Waals surface area contributed by atoms with Crippen molar-refractivity contribution in [1.82, 2.24) is 9.80 Å². The van der Waals surface area contributed by atoms with Gasteiger partial charge >= 0.3 is 5.97 Å². The third kappa shape index (κ3) is 6.37. The van der Waals surface area contributed by atoms with Crippen LogP contribution in [0.4, 0.5) is 0 Å². The van der Waals surface area contributed by atoms with Crippen molar-refractivity contribution in [2.75, 3.05) is 47.5 Å². The van der Waals surface area contributed by atoms with E-state index in [1.54, 1.807) is 39.2 Å². The van der Waals surface area contributed by atoms with E-state index in [-0.39, 0.29) is 36.7 Å². The van der Waals surface area contributed by atoms with Crippen molar-refractivity contribution in [3.63, 3.8) is 0 Å². The molecule has 1 heterocycles. The molecule has 2 rings (SSSR count). The molecule has 30 heavy (non-hydrogen) atoms. The van der Waals surface area contributed by atoms with Gasteiger partial charge in [0.1, 0.15) is 11.5 Å². The van der Waals surface area contributed by atoms with Gasteiger partial charge in [0, 0.05) is 26.6 Å². The molecule has 1 saturated heterocycles. The maximum Gasteiger partial charge on any atom is 0.309 e. The second-order valence-corrected chi connectivity index (χ2v) is 7.33. The van der Waals surface area contributed by atoms with E-state index in [1.165, 1.54) is 4.90 Å². The Morgan fingerprint density at radius 3 is 2.43 bits per heavy atom. The number of benzene rings is 1. The average Bonchev–Trinajstić information content (AvgIpc) is 2.77. The van der Waals surface area contributed by atoms with Crippen LogP contribution in [0.25, 0.3) is 0 Å². The van der Waals surface area contributed by atoms with E-state index in [0.29, 0.717) is 50.5 Å². The fourth-order valence-corrected chi connectivity index (χ4v) is 3.53. The van der Waals surface area contributed by atoms with Gasteiger partial charge < -0.3 is 24.0 Å². The van der Waals surface area contributed by atoms with Gasteiger partial charge in [0.2, 0.25) is 11.8 Å². The Bertz CT molecular complexity index is 743. The highest BCUT2D eigenvalue weighted by Gasteiger charge is 2.28. The van der Waals surface area contributed by atoms with Gasteiger partial charge in [-0.2, -0.15) is 0 Å². The molecule has 166 valence electrons. The Labute approximate surface area is 178 Å². The summed E-state index contributed by atoms with van der Waals surface area (Å²) >= 11 is 0. The van der Waals surface area contributed by atoms with Crippen molar-refractivity contribution in [1.29, 1.82) is 0 Å². The lowest BCUT2D eigenvalue weighted by Gasteiger charge is -2.32. The first-order valence-corrected chi connectivity index (χ1v) is 10.3. The van der Waals surface area contributed by atoms with Crippen LogP contribution < -0.4 is 9.47 Å². The first-order chi connectivity index (χ1) is 14.4. The number of nitrogens with zero attached hydrogens (tertiary/aromatic N) is 2. The normalized spacial score (nSPS) is 14.2. The number of likely N-dealkylation sites (N-methyl/N-ethyl adjacent to an activating group) is 1. The molecule has 2 amide bonds. The minimum atomic E-state index is -0.190. The second kappa shape index (κ2) is 11.4. The Kier molecular flexibility index (Phi) is 8.95. The number of hydrogen-bond acceptors (Lipinski definition) is 6. The average molecular weight is 421 g/mol. The van der Waals surface area contributed by atoms with Crippen LogP contribution in [0.1, 0.15) is 31.7 Å². The molecule has 1 aromatic rings. The number of piperidine rings is 1. The molecule has 8 heteroatoms. The van der Waals surface area contributed by atoms with E-state index in [4.69, 9.17) is 14.2 Å². The number of ether oxygens (including phenoxy) is 3. The molecule has 0 N–H and O–H groups in total. The molecule has 0 aromatic heterocycles. The molecule has 0 atom stereocenters. The van der Waals surface area contributed by atoms with Crippen LogP contribution in [-0.4, -0.2) is 75.1 Å². The predicted octanol–water partition coefficient (Wildman–Crippen LogP) is 1.90. The van der Waals surface area contributed by atoms with E-state index in [1.807, 2.05) is 12.1 Å². The zero-order chi connectivity index (χ0) is 22.1. The molecule has 1 fully saturated rings. The number of amides is 2. The predicted molar refractivity (Wildman–Crippen MR) is 111 cm³/mol. The zero-order valence-corrected chi connectivity index (χ0v) is 18.3. The van der Waals surface area contributed by atoms with E-state index in [9.17, 15) is 14.4 Å². The topological polar surface area (TPSA) is 85.4 Å². The first-order valence-electron chi connectivity index (χ1n) is 10.3. The van der Waals surface area contributed by atoms with Crippen molar-refractivity contribution in [3.05, 3.63) is 23.8 Å². The van der Waals surface area contributed by atoms with E-state index in [2.05, 4.69) is 0 Å². The summed E-state index contributed by atoms with van der Waals surface area (Å²) in [5, 5.41) is 0. The third-order valence-corrected chi connectivity index (χ3v) is 5.36. The summed E-state index contributed by atoms with van der Waals surface area (Å²) in [6, 6.07) is 5.47. The van der Waals surface area contributed by atoms with Gasteiger partial charge in [0.05, 0.1) is 33.3 Å². The molecular formula is C22H32N2O6. The van der Waals surface area contributed by atoms with Crippen LogP contribution in [0.3, 0.4) is 0 Å². The lowest BCUT2D eigenvalue weighted by Crippen LogP contribution is -2.45. The van der Waals surface area contributed by atoms with Gasteiger partial charge in [-0.25, -0.2) is 0 Å². The summed E-state index contributed by atoms with van der Waals surface area (Å²) in [7, 11) is 4.81. The van der Waals surface area contributed by atoms with Gasteiger partial charge in [-0.05, 0) is 49.9 Å². The number of esters is 1. The Morgan fingerprint density at radius 2 is 1.83 bits per heavy atom.